The fourth-order valence-electron chi connectivity index (χ4n) is 10.5. The molecule has 0 saturated carbocycles. The molecule has 13 rings (SSSR count). The summed E-state index contributed by atoms with van der Waals surface area (Å²) in [7, 11) is 0. The lowest BCUT2D eigenvalue weighted by Gasteiger charge is -2.35. The van der Waals surface area contributed by atoms with Crippen LogP contribution in [0.1, 0.15) is 22.3 Å². The van der Waals surface area contributed by atoms with Gasteiger partial charge in [0.1, 0.15) is 11.2 Å². The highest BCUT2D eigenvalue weighted by atomic mass is 16.3. The van der Waals surface area contributed by atoms with Crippen LogP contribution in [-0.4, -0.2) is 9.97 Å². The van der Waals surface area contributed by atoms with E-state index in [2.05, 4.69) is 194 Å². The lowest BCUT2D eigenvalue weighted by Crippen LogP contribution is -2.29. The molecule has 62 heavy (non-hydrogen) atoms. The van der Waals surface area contributed by atoms with E-state index in [4.69, 9.17) is 14.4 Å². The van der Waals surface area contributed by atoms with Gasteiger partial charge in [-0.1, -0.05) is 188 Å². The van der Waals surface area contributed by atoms with Crippen LogP contribution in [-0.2, 0) is 5.41 Å². The standard InChI is InChI=1S/C59H36N2O/c1-2-16-37(17-3-1)38-18-14-19-39(34-38)53-36-54(61-58(60-53)48-26-15-31-56-57(48)47-25-9-13-30-55(47)62-56)40-32-33-46-42-21-5-4-20-41(42)43-22-6-10-27-49(43)59(52(46)35-40)50-28-11-7-23-44(50)45-24-8-12-29-51(45)59/h1-36H. The van der Waals surface area contributed by atoms with E-state index in [-0.39, 0.29) is 0 Å². The Kier molecular flexibility index (Phi) is 7.52. The molecule has 0 bridgehead atoms. The first-order chi connectivity index (χ1) is 30.7. The highest BCUT2D eigenvalue weighted by molar-refractivity contribution is 6.12. The molecule has 288 valence electrons. The van der Waals surface area contributed by atoms with Crippen LogP contribution in [0.5, 0.6) is 0 Å². The minimum atomic E-state index is -0.599. The molecule has 0 unspecified atom stereocenters. The van der Waals surface area contributed by atoms with Crippen LogP contribution in [0.25, 0.3) is 100 Å². The molecule has 0 atom stereocenters. The van der Waals surface area contributed by atoms with Gasteiger partial charge in [-0.15, -0.1) is 0 Å². The van der Waals surface area contributed by atoms with Crippen LogP contribution in [0.15, 0.2) is 223 Å². The Morgan fingerprint density at radius 1 is 0.306 bits per heavy atom. The first-order valence-corrected chi connectivity index (χ1v) is 21.2. The number of aromatic nitrogens is 2. The molecule has 2 aliphatic carbocycles. The van der Waals surface area contributed by atoms with Crippen molar-refractivity contribution in [1.82, 2.24) is 9.97 Å². The maximum Gasteiger partial charge on any atom is 0.161 e. The van der Waals surface area contributed by atoms with Gasteiger partial charge in [0.2, 0.25) is 0 Å². The molecule has 2 aliphatic rings. The van der Waals surface area contributed by atoms with Gasteiger partial charge in [-0.2, -0.15) is 0 Å². The van der Waals surface area contributed by atoms with Crippen LogP contribution in [0, 0.1) is 0 Å². The third-order valence-electron chi connectivity index (χ3n) is 13.1. The van der Waals surface area contributed by atoms with Crippen molar-refractivity contribution in [2.24, 2.45) is 0 Å². The van der Waals surface area contributed by atoms with Gasteiger partial charge in [0.25, 0.3) is 0 Å². The largest absolute Gasteiger partial charge is 0.456 e. The van der Waals surface area contributed by atoms with Gasteiger partial charge in [0.15, 0.2) is 5.82 Å². The van der Waals surface area contributed by atoms with Crippen LogP contribution in [0.3, 0.4) is 0 Å². The lowest BCUT2D eigenvalue weighted by molar-refractivity contribution is 0.669. The minimum absolute atomic E-state index is 0.599. The Morgan fingerprint density at radius 3 is 1.48 bits per heavy atom. The molecule has 0 radical (unpaired) electrons. The van der Waals surface area contributed by atoms with Gasteiger partial charge in [-0.25, -0.2) is 9.97 Å². The van der Waals surface area contributed by atoms with Crippen molar-refractivity contribution in [3.05, 3.63) is 241 Å². The van der Waals surface area contributed by atoms with E-state index >= 15 is 0 Å². The number of fused-ring (bicyclic) bond motifs is 15. The average Bonchev–Trinajstić information content (AvgIpc) is 3.85. The summed E-state index contributed by atoms with van der Waals surface area (Å²) in [6.45, 7) is 0. The van der Waals surface area contributed by atoms with Gasteiger partial charge in [-0.3, -0.25) is 0 Å². The molecule has 0 amide bonds. The number of furan rings is 1. The molecule has 2 aromatic heterocycles. The number of rotatable bonds is 4. The van der Waals surface area contributed by atoms with Crippen molar-refractivity contribution < 1.29 is 4.42 Å². The third kappa shape index (κ3) is 5.00. The van der Waals surface area contributed by atoms with Crippen molar-refractivity contribution in [2.75, 3.05) is 0 Å². The second-order valence-corrected chi connectivity index (χ2v) is 16.4. The van der Waals surface area contributed by atoms with Gasteiger partial charge < -0.3 is 4.42 Å². The monoisotopic (exact) mass is 788 g/mol. The zero-order valence-electron chi connectivity index (χ0n) is 33.6. The predicted molar refractivity (Wildman–Crippen MR) is 253 cm³/mol. The van der Waals surface area contributed by atoms with Crippen molar-refractivity contribution in [3.8, 4) is 78.4 Å². The minimum Gasteiger partial charge on any atom is -0.456 e. The summed E-state index contributed by atoms with van der Waals surface area (Å²) in [5, 5.41) is 2.06. The summed E-state index contributed by atoms with van der Waals surface area (Å²) in [5.74, 6) is 0.650. The quantitative estimate of drug-likeness (QED) is 0.178. The topological polar surface area (TPSA) is 38.9 Å². The fourth-order valence-corrected chi connectivity index (χ4v) is 10.5. The van der Waals surface area contributed by atoms with Gasteiger partial charge >= 0.3 is 0 Å². The normalized spacial score (nSPS) is 13.0. The zero-order valence-corrected chi connectivity index (χ0v) is 33.6. The summed E-state index contributed by atoms with van der Waals surface area (Å²) < 4.78 is 6.40. The van der Waals surface area contributed by atoms with E-state index in [9.17, 15) is 0 Å². The number of hydrogen-bond acceptors (Lipinski definition) is 3. The van der Waals surface area contributed by atoms with Crippen LogP contribution in [0.4, 0.5) is 0 Å². The molecule has 2 heterocycles. The molecule has 3 heteroatoms. The first kappa shape index (κ1) is 34.7. The molecule has 1 spiro atoms. The van der Waals surface area contributed by atoms with Crippen molar-refractivity contribution >= 4 is 21.9 Å². The molecule has 9 aromatic carbocycles. The average molecular weight is 789 g/mol. The molecular formula is C59H36N2O. The Balaban J connectivity index is 1.11. The zero-order chi connectivity index (χ0) is 40.8. The summed E-state index contributed by atoms with van der Waals surface area (Å²) in [6, 6.07) is 78.8. The summed E-state index contributed by atoms with van der Waals surface area (Å²) >= 11 is 0. The molecule has 0 saturated heterocycles. The predicted octanol–water partition coefficient (Wildman–Crippen LogP) is 15.1. The second-order valence-electron chi connectivity index (χ2n) is 16.4. The van der Waals surface area contributed by atoms with E-state index in [1.54, 1.807) is 0 Å². The van der Waals surface area contributed by atoms with E-state index < -0.39 is 5.41 Å². The van der Waals surface area contributed by atoms with E-state index in [0.29, 0.717) is 5.82 Å². The maximum atomic E-state index is 6.40. The first-order valence-electron chi connectivity index (χ1n) is 21.2. The molecule has 0 fully saturated rings. The molecule has 3 nitrogen and oxygen atoms in total. The third-order valence-corrected chi connectivity index (χ3v) is 13.1. The van der Waals surface area contributed by atoms with Gasteiger partial charge in [0.05, 0.1) is 16.8 Å². The Labute approximate surface area is 359 Å². The SMILES string of the molecule is c1ccc(-c2cccc(-c3cc(-c4ccc5c(c4)C4(c6ccccc6-c6ccccc6-5)c5ccccc5-c5ccccc54)nc(-c4cccc5oc6ccccc6c45)n3)c2)cc1. The van der Waals surface area contributed by atoms with E-state index in [0.717, 1.165) is 61.1 Å². The van der Waals surface area contributed by atoms with Gasteiger partial charge in [-0.05, 0) is 97.1 Å². The van der Waals surface area contributed by atoms with Crippen molar-refractivity contribution in [1.29, 1.82) is 0 Å². The molecule has 0 N–H and O–H groups in total. The number of nitrogens with zero attached hydrogens (tertiary/aromatic N) is 2. The smallest absolute Gasteiger partial charge is 0.161 e. The Hall–Kier alpha value is -8.14. The van der Waals surface area contributed by atoms with E-state index in [1.165, 1.54) is 55.6 Å². The second kappa shape index (κ2) is 13.4. The fraction of sp³-hybridized carbons (Fsp3) is 0.0169. The molecule has 11 aromatic rings. The Morgan fingerprint density at radius 2 is 0.790 bits per heavy atom. The summed E-state index contributed by atoms with van der Waals surface area (Å²) in [6.07, 6.45) is 0. The van der Waals surface area contributed by atoms with Gasteiger partial charge in [0, 0.05) is 27.5 Å². The van der Waals surface area contributed by atoms with Crippen molar-refractivity contribution in [3.63, 3.8) is 0 Å². The number of hydrogen-bond donors (Lipinski definition) is 0. The highest BCUT2D eigenvalue weighted by Crippen LogP contribution is 2.61. The Bertz CT molecular complexity index is 3550. The molecule has 0 aliphatic heterocycles. The van der Waals surface area contributed by atoms with Crippen LogP contribution >= 0.6 is 0 Å². The number of para-hydroxylation sites is 1. The van der Waals surface area contributed by atoms with Crippen molar-refractivity contribution in [2.45, 2.75) is 5.41 Å². The summed E-state index contributed by atoms with van der Waals surface area (Å²) in [5.41, 5.74) is 20.6. The summed E-state index contributed by atoms with van der Waals surface area (Å²) in [4.78, 5) is 10.9. The molecular weight excluding hydrogens is 753 g/mol. The van der Waals surface area contributed by atoms with Crippen LogP contribution in [0.2, 0.25) is 0 Å². The van der Waals surface area contributed by atoms with E-state index in [1.807, 2.05) is 24.3 Å². The lowest BCUT2D eigenvalue weighted by atomic mass is 9.65. The number of benzene rings is 9. The maximum absolute atomic E-state index is 6.40. The highest BCUT2D eigenvalue weighted by Gasteiger charge is 2.49. The van der Waals surface area contributed by atoms with Crippen LogP contribution < -0.4 is 0 Å².